The molecule has 0 atom stereocenters. The molecule has 2 nitrogen and oxygen atoms in total. The summed E-state index contributed by atoms with van der Waals surface area (Å²) in [5.74, 6) is 5.64. The quantitative estimate of drug-likeness (QED) is 0.856. The smallest absolute Gasteiger partial charge is 0.320 e. The Kier molecular flexibility index (Phi) is 5.66. The molecule has 1 rings (SSSR count). The fourth-order valence-corrected chi connectivity index (χ4v) is 2.29. The van der Waals surface area contributed by atoms with Crippen LogP contribution in [0.3, 0.4) is 0 Å². The normalized spacial score (nSPS) is 11.4. The highest BCUT2D eigenvalue weighted by Gasteiger charge is 2.27. The first-order valence-electron chi connectivity index (χ1n) is 5.43. The van der Waals surface area contributed by atoms with Crippen molar-refractivity contribution in [1.29, 1.82) is 0 Å². The van der Waals surface area contributed by atoms with Crippen LogP contribution in [0, 0.1) is 11.8 Å². The molecular formula is C12H15F3N2S. The lowest BCUT2D eigenvalue weighted by Gasteiger charge is -2.16. The molecule has 2 N–H and O–H groups in total. The van der Waals surface area contributed by atoms with Gasteiger partial charge in [-0.05, 0) is 19.2 Å². The number of nitrogens with two attached hydrogens (primary N) is 1. The number of hydrogen-bond donors (Lipinski definition) is 1. The minimum Gasteiger partial charge on any atom is -0.320 e. The predicted molar refractivity (Wildman–Crippen MR) is 67.3 cm³/mol. The molecule has 0 saturated heterocycles. The summed E-state index contributed by atoms with van der Waals surface area (Å²) in [4.78, 5) is 3.54. The van der Waals surface area contributed by atoms with Crippen LogP contribution in [-0.2, 0) is 6.54 Å². The molecule has 100 valence electrons. The van der Waals surface area contributed by atoms with Crippen LogP contribution in [0.15, 0.2) is 12.1 Å². The van der Waals surface area contributed by atoms with Crippen LogP contribution in [0.1, 0.15) is 16.2 Å². The molecule has 0 fully saturated rings. The van der Waals surface area contributed by atoms with Gasteiger partial charge in [0.25, 0.3) is 0 Å². The molecule has 0 amide bonds. The van der Waals surface area contributed by atoms with Gasteiger partial charge < -0.3 is 10.6 Å². The third kappa shape index (κ3) is 6.05. The SMILES string of the molecule is CN(CCC(F)(F)F)Cc1ccc(C#CCN)s1. The molecule has 1 aromatic rings. The number of alkyl halides is 3. The molecule has 0 aromatic carbocycles. The number of halogens is 3. The molecule has 1 heterocycles. The summed E-state index contributed by atoms with van der Waals surface area (Å²) in [6.07, 6.45) is -4.88. The van der Waals surface area contributed by atoms with Gasteiger partial charge in [0, 0.05) is 18.0 Å². The summed E-state index contributed by atoms with van der Waals surface area (Å²) in [5, 5.41) is 0. The van der Waals surface area contributed by atoms with E-state index in [1.807, 2.05) is 12.1 Å². The highest BCUT2D eigenvalue weighted by molar-refractivity contribution is 7.12. The third-order valence-electron chi connectivity index (χ3n) is 2.18. The van der Waals surface area contributed by atoms with Crippen molar-refractivity contribution in [2.45, 2.75) is 19.1 Å². The summed E-state index contributed by atoms with van der Waals surface area (Å²) in [6.45, 7) is 0.814. The van der Waals surface area contributed by atoms with Crippen LogP contribution in [0.2, 0.25) is 0 Å². The van der Waals surface area contributed by atoms with Crippen molar-refractivity contribution in [2.75, 3.05) is 20.1 Å². The summed E-state index contributed by atoms with van der Waals surface area (Å²) in [6, 6.07) is 3.75. The van der Waals surface area contributed by atoms with Crippen LogP contribution >= 0.6 is 11.3 Å². The number of hydrogen-bond acceptors (Lipinski definition) is 3. The lowest BCUT2D eigenvalue weighted by atomic mass is 10.3. The van der Waals surface area contributed by atoms with Crippen LogP contribution in [0.25, 0.3) is 0 Å². The second-order valence-corrected chi connectivity index (χ2v) is 5.04. The predicted octanol–water partition coefficient (Wildman–Crippen LogP) is 2.44. The molecule has 0 aliphatic carbocycles. The molecule has 0 saturated carbocycles. The fourth-order valence-electron chi connectivity index (χ4n) is 1.33. The molecule has 0 bridgehead atoms. The molecule has 1 aromatic heterocycles. The number of rotatable bonds is 4. The highest BCUT2D eigenvalue weighted by atomic mass is 32.1. The van der Waals surface area contributed by atoms with Gasteiger partial charge in [-0.3, -0.25) is 0 Å². The molecule has 6 heteroatoms. The average molecular weight is 276 g/mol. The van der Waals surface area contributed by atoms with Crippen molar-refractivity contribution in [3.63, 3.8) is 0 Å². The van der Waals surface area contributed by atoms with Crippen LogP contribution in [-0.4, -0.2) is 31.2 Å². The van der Waals surface area contributed by atoms with Gasteiger partial charge in [0.05, 0.1) is 17.8 Å². The standard InChI is InChI=1S/C12H15F3N2S/c1-17(8-6-12(13,14)15)9-11-5-4-10(18-11)3-2-7-16/h4-5H,6-9,16H2,1H3. The van der Waals surface area contributed by atoms with Gasteiger partial charge in [0.2, 0.25) is 0 Å². The first kappa shape index (κ1) is 15.0. The van der Waals surface area contributed by atoms with Gasteiger partial charge in [-0.25, -0.2) is 0 Å². The summed E-state index contributed by atoms with van der Waals surface area (Å²) in [5.41, 5.74) is 5.26. The summed E-state index contributed by atoms with van der Waals surface area (Å²) >= 11 is 1.48. The van der Waals surface area contributed by atoms with Gasteiger partial charge in [0.15, 0.2) is 0 Å². The van der Waals surface area contributed by atoms with Crippen molar-refractivity contribution in [3.8, 4) is 11.8 Å². The minimum atomic E-state index is -4.10. The van der Waals surface area contributed by atoms with Crippen LogP contribution in [0.5, 0.6) is 0 Å². The maximum absolute atomic E-state index is 12.0. The van der Waals surface area contributed by atoms with E-state index in [1.165, 1.54) is 11.3 Å². The first-order chi connectivity index (χ1) is 8.40. The zero-order valence-electron chi connectivity index (χ0n) is 10.0. The van der Waals surface area contributed by atoms with E-state index in [2.05, 4.69) is 11.8 Å². The second kappa shape index (κ2) is 6.78. The van der Waals surface area contributed by atoms with E-state index in [4.69, 9.17) is 5.73 Å². The van der Waals surface area contributed by atoms with E-state index in [0.29, 0.717) is 13.1 Å². The van der Waals surface area contributed by atoms with E-state index in [0.717, 1.165) is 9.75 Å². The summed E-state index contributed by atoms with van der Waals surface area (Å²) < 4.78 is 36.1. The van der Waals surface area contributed by atoms with E-state index in [9.17, 15) is 13.2 Å². The van der Waals surface area contributed by atoms with Gasteiger partial charge in [-0.15, -0.1) is 11.3 Å². The Hall–Kier alpha value is -1.03. The molecule has 0 unspecified atom stereocenters. The Balaban J connectivity index is 2.44. The lowest BCUT2D eigenvalue weighted by Crippen LogP contribution is -2.23. The Bertz CT molecular complexity index is 429. The van der Waals surface area contributed by atoms with Gasteiger partial charge in [-0.1, -0.05) is 11.8 Å². The third-order valence-corrected chi connectivity index (χ3v) is 3.16. The Morgan fingerprint density at radius 1 is 1.39 bits per heavy atom. The van der Waals surface area contributed by atoms with Crippen molar-refractivity contribution >= 4 is 11.3 Å². The van der Waals surface area contributed by atoms with Crippen LogP contribution in [0.4, 0.5) is 13.2 Å². The van der Waals surface area contributed by atoms with Crippen molar-refractivity contribution in [3.05, 3.63) is 21.9 Å². The molecule has 0 spiro atoms. The number of nitrogens with zero attached hydrogens (tertiary/aromatic N) is 1. The highest BCUT2D eigenvalue weighted by Crippen LogP contribution is 2.21. The largest absolute Gasteiger partial charge is 0.390 e. The lowest BCUT2D eigenvalue weighted by molar-refractivity contribution is -0.137. The Morgan fingerprint density at radius 3 is 2.72 bits per heavy atom. The van der Waals surface area contributed by atoms with E-state index >= 15 is 0 Å². The Labute approximate surface area is 109 Å². The van der Waals surface area contributed by atoms with E-state index in [-0.39, 0.29) is 6.54 Å². The van der Waals surface area contributed by atoms with Gasteiger partial charge in [0.1, 0.15) is 0 Å². The zero-order valence-corrected chi connectivity index (χ0v) is 10.9. The fraction of sp³-hybridized carbons (Fsp3) is 0.500. The number of thiophene rings is 1. The summed E-state index contributed by atoms with van der Waals surface area (Å²) in [7, 11) is 1.68. The molecule has 0 radical (unpaired) electrons. The molecule has 0 aliphatic heterocycles. The minimum absolute atomic E-state index is 0.00517. The van der Waals surface area contributed by atoms with Crippen molar-refractivity contribution in [1.82, 2.24) is 4.90 Å². The second-order valence-electron chi connectivity index (χ2n) is 3.87. The zero-order chi connectivity index (χ0) is 13.6. The van der Waals surface area contributed by atoms with Crippen molar-refractivity contribution in [2.24, 2.45) is 5.73 Å². The molecule has 0 aliphatic rings. The first-order valence-corrected chi connectivity index (χ1v) is 6.25. The van der Waals surface area contributed by atoms with Gasteiger partial charge >= 0.3 is 6.18 Å². The van der Waals surface area contributed by atoms with E-state index in [1.54, 1.807) is 11.9 Å². The van der Waals surface area contributed by atoms with Crippen molar-refractivity contribution < 1.29 is 13.2 Å². The van der Waals surface area contributed by atoms with Gasteiger partial charge in [-0.2, -0.15) is 13.2 Å². The average Bonchev–Trinajstić information content (AvgIpc) is 2.70. The molecular weight excluding hydrogens is 261 g/mol. The maximum Gasteiger partial charge on any atom is 0.390 e. The Morgan fingerprint density at radius 2 is 2.11 bits per heavy atom. The molecule has 18 heavy (non-hydrogen) atoms. The monoisotopic (exact) mass is 276 g/mol. The maximum atomic E-state index is 12.0. The van der Waals surface area contributed by atoms with Crippen LogP contribution < -0.4 is 5.73 Å². The topological polar surface area (TPSA) is 29.3 Å². The van der Waals surface area contributed by atoms with E-state index < -0.39 is 12.6 Å².